The van der Waals surface area contributed by atoms with Crippen LogP contribution in [0.15, 0.2) is 72.3 Å². The topological polar surface area (TPSA) is 84.9 Å². The second-order valence-corrected chi connectivity index (χ2v) is 7.65. The molecule has 1 fully saturated rings. The molecule has 1 heterocycles. The number of carbonyl (C=O) groups is 3. The fraction of sp³-hybridized carbons (Fsp3) is 0.0800. The van der Waals surface area contributed by atoms with E-state index in [9.17, 15) is 18.8 Å². The average Bonchev–Trinajstić information content (AvgIpc) is 2.82. The van der Waals surface area contributed by atoms with Crippen molar-refractivity contribution in [2.24, 2.45) is 0 Å². The van der Waals surface area contributed by atoms with Crippen molar-refractivity contribution in [2.75, 3.05) is 12.0 Å². The van der Waals surface area contributed by atoms with Gasteiger partial charge in [-0.1, -0.05) is 41.9 Å². The van der Waals surface area contributed by atoms with Crippen LogP contribution in [0.3, 0.4) is 0 Å². The van der Waals surface area contributed by atoms with E-state index in [1.165, 1.54) is 31.4 Å². The van der Waals surface area contributed by atoms with E-state index >= 15 is 0 Å². The number of nitrogens with zero attached hydrogens (tertiary/aromatic N) is 1. The monoisotopic (exact) mass is 480 g/mol. The van der Waals surface area contributed by atoms with E-state index in [1.807, 2.05) is 0 Å². The van der Waals surface area contributed by atoms with Crippen molar-refractivity contribution in [3.63, 3.8) is 0 Å². The van der Waals surface area contributed by atoms with E-state index in [0.29, 0.717) is 11.3 Å². The predicted octanol–water partition coefficient (Wildman–Crippen LogP) is 4.73. The van der Waals surface area contributed by atoms with Crippen LogP contribution in [-0.4, -0.2) is 25.0 Å². The maximum atomic E-state index is 13.1. The van der Waals surface area contributed by atoms with Gasteiger partial charge in [0.1, 0.15) is 18.0 Å². The molecule has 0 bridgehead atoms. The smallest absolute Gasteiger partial charge is 0.335 e. The molecule has 1 aliphatic heterocycles. The Hall–Kier alpha value is -4.17. The number of anilines is 1. The van der Waals surface area contributed by atoms with Crippen LogP contribution in [0.1, 0.15) is 11.1 Å². The van der Waals surface area contributed by atoms with Gasteiger partial charge in [0.2, 0.25) is 0 Å². The molecule has 0 unspecified atom stereocenters. The highest BCUT2D eigenvalue weighted by molar-refractivity contribution is 6.39. The zero-order chi connectivity index (χ0) is 24.2. The van der Waals surface area contributed by atoms with Gasteiger partial charge in [0, 0.05) is 0 Å². The van der Waals surface area contributed by atoms with Crippen molar-refractivity contribution >= 4 is 41.2 Å². The number of urea groups is 1. The molecular weight excluding hydrogens is 463 g/mol. The summed E-state index contributed by atoms with van der Waals surface area (Å²) in [5.74, 6) is -1.44. The largest absolute Gasteiger partial charge is 0.493 e. The number of amides is 4. The highest BCUT2D eigenvalue weighted by Gasteiger charge is 2.36. The van der Waals surface area contributed by atoms with Gasteiger partial charge in [-0.25, -0.2) is 14.1 Å². The van der Waals surface area contributed by atoms with Crippen LogP contribution in [-0.2, 0) is 16.2 Å². The Morgan fingerprint density at radius 3 is 2.41 bits per heavy atom. The Bertz CT molecular complexity index is 1290. The summed E-state index contributed by atoms with van der Waals surface area (Å²) in [7, 11) is 1.42. The normalized spacial score (nSPS) is 14.9. The molecule has 1 saturated heterocycles. The van der Waals surface area contributed by atoms with Gasteiger partial charge in [0.25, 0.3) is 11.8 Å². The van der Waals surface area contributed by atoms with E-state index in [0.717, 1.165) is 10.5 Å². The number of hydrogen-bond donors (Lipinski definition) is 1. The first-order chi connectivity index (χ1) is 16.4. The molecule has 9 heteroatoms. The number of barbiturate groups is 1. The SMILES string of the molecule is COc1cc(/C=C2\C(=O)NC(=O)N(c3ccccc3)C2=O)cc(Cl)c1OCc1ccc(F)cc1. The molecule has 3 aromatic carbocycles. The Morgan fingerprint density at radius 1 is 1.03 bits per heavy atom. The van der Waals surface area contributed by atoms with Crippen LogP contribution in [0.25, 0.3) is 6.08 Å². The van der Waals surface area contributed by atoms with Gasteiger partial charge in [0.05, 0.1) is 17.8 Å². The standard InChI is InChI=1S/C25H18ClFN2O5/c1-33-21-13-16(12-20(26)22(21)34-14-15-7-9-17(27)10-8-15)11-19-23(30)28-25(32)29(24(19)31)18-5-3-2-4-6-18/h2-13H,14H2,1H3,(H,28,30,32)/b19-11+. The molecule has 0 atom stereocenters. The van der Waals surface area contributed by atoms with Gasteiger partial charge in [-0.05, 0) is 53.6 Å². The second kappa shape index (κ2) is 9.76. The Balaban J connectivity index is 1.63. The van der Waals surface area contributed by atoms with Crippen molar-refractivity contribution in [3.8, 4) is 11.5 Å². The summed E-state index contributed by atoms with van der Waals surface area (Å²) < 4.78 is 24.2. The summed E-state index contributed by atoms with van der Waals surface area (Å²) in [4.78, 5) is 38.6. The van der Waals surface area contributed by atoms with Crippen molar-refractivity contribution in [3.05, 3.63) is 94.3 Å². The first-order valence-electron chi connectivity index (χ1n) is 10.1. The maximum absolute atomic E-state index is 13.1. The van der Waals surface area contributed by atoms with E-state index in [-0.39, 0.29) is 34.5 Å². The molecule has 0 aromatic heterocycles. The van der Waals surface area contributed by atoms with Gasteiger partial charge < -0.3 is 9.47 Å². The Labute approximate surface area is 199 Å². The van der Waals surface area contributed by atoms with Gasteiger partial charge in [0.15, 0.2) is 11.5 Å². The third-order valence-electron chi connectivity index (χ3n) is 4.98. The average molecular weight is 481 g/mol. The number of para-hydroxylation sites is 1. The van der Waals surface area contributed by atoms with Crippen molar-refractivity contribution < 1.29 is 28.2 Å². The number of imide groups is 2. The third-order valence-corrected chi connectivity index (χ3v) is 5.26. The van der Waals surface area contributed by atoms with Gasteiger partial charge in [-0.15, -0.1) is 0 Å². The molecular formula is C25H18ClFN2O5. The zero-order valence-electron chi connectivity index (χ0n) is 17.9. The Kier molecular flexibility index (Phi) is 6.60. The summed E-state index contributed by atoms with van der Waals surface area (Å²) in [5.41, 5.74) is 1.18. The number of benzene rings is 3. The fourth-order valence-electron chi connectivity index (χ4n) is 3.34. The van der Waals surface area contributed by atoms with Crippen LogP contribution >= 0.6 is 11.6 Å². The summed E-state index contributed by atoms with van der Waals surface area (Å²) in [6.07, 6.45) is 1.32. The number of carbonyl (C=O) groups excluding carboxylic acids is 3. The van der Waals surface area contributed by atoms with Gasteiger partial charge >= 0.3 is 6.03 Å². The van der Waals surface area contributed by atoms with E-state index in [1.54, 1.807) is 48.5 Å². The number of methoxy groups -OCH3 is 1. The Morgan fingerprint density at radius 2 is 1.74 bits per heavy atom. The molecule has 1 aliphatic rings. The summed E-state index contributed by atoms with van der Waals surface area (Å²) >= 11 is 6.40. The fourth-order valence-corrected chi connectivity index (χ4v) is 3.61. The number of nitrogens with one attached hydrogen (secondary N) is 1. The molecule has 0 radical (unpaired) electrons. The lowest BCUT2D eigenvalue weighted by molar-refractivity contribution is -0.122. The molecule has 0 saturated carbocycles. The lowest BCUT2D eigenvalue weighted by Crippen LogP contribution is -2.54. The third kappa shape index (κ3) is 4.77. The zero-order valence-corrected chi connectivity index (χ0v) is 18.6. The maximum Gasteiger partial charge on any atom is 0.335 e. The van der Waals surface area contributed by atoms with Crippen LogP contribution in [0.4, 0.5) is 14.9 Å². The molecule has 4 rings (SSSR count). The summed E-state index contributed by atoms with van der Waals surface area (Å²) in [6, 6.07) is 16.3. The lowest BCUT2D eigenvalue weighted by Gasteiger charge is -2.26. The molecule has 3 aromatic rings. The van der Waals surface area contributed by atoms with Gasteiger partial charge in [-0.2, -0.15) is 0 Å². The number of ether oxygens (including phenoxy) is 2. The van der Waals surface area contributed by atoms with Gasteiger partial charge in [-0.3, -0.25) is 14.9 Å². The molecule has 34 heavy (non-hydrogen) atoms. The van der Waals surface area contributed by atoms with Crippen molar-refractivity contribution in [1.82, 2.24) is 5.32 Å². The van der Waals surface area contributed by atoms with Crippen molar-refractivity contribution in [2.45, 2.75) is 6.61 Å². The van der Waals surface area contributed by atoms with E-state index in [2.05, 4.69) is 5.32 Å². The molecule has 0 spiro atoms. The molecule has 172 valence electrons. The quantitative estimate of drug-likeness (QED) is 0.407. The lowest BCUT2D eigenvalue weighted by atomic mass is 10.1. The highest BCUT2D eigenvalue weighted by atomic mass is 35.5. The second-order valence-electron chi connectivity index (χ2n) is 7.24. The first-order valence-corrected chi connectivity index (χ1v) is 10.5. The van der Waals surface area contributed by atoms with E-state index in [4.69, 9.17) is 21.1 Å². The minimum Gasteiger partial charge on any atom is -0.493 e. The molecule has 7 nitrogen and oxygen atoms in total. The minimum absolute atomic E-state index is 0.117. The first kappa shape index (κ1) is 23.0. The predicted molar refractivity (Wildman–Crippen MR) is 124 cm³/mol. The number of rotatable bonds is 6. The summed E-state index contributed by atoms with van der Waals surface area (Å²) in [6.45, 7) is 0.117. The molecule has 4 amide bonds. The van der Waals surface area contributed by atoms with Crippen molar-refractivity contribution in [1.29, 1.82) is 0 Å². The van der Waals surface area contributed by atoms with Crippen LogP contribution < -0.4 is 19.7 Å². The number of hydrogen-bond acceptors (Lipinski definition) is 5. The summed E-state index contributed by atoms with van der Waals surface area (Å²) in [5, 5.41) is 2.34. The van der Waals surface area contributed by atoms with Crippen LogP contribution in [0, 0.1) is 5.82 Å². The van der Waals surface area contributed by atoms with Crippen LogP contribution in [0.5, 0.6) is 11.5 Å². The highest BCUT2D eigenvalue weighted by Crippen LogP contribution is 2.38. The number of halogens is 2. The van der Waals surface area contributed by atoms with E-state index < -0.39 is 17.8 Å². The van der Waals surface area contributed by atoms with Crippen LogP contribution in [0.2, 0.25) is 5.02 Å². The molecule has 0 aliphatic carbocycles. The minimum atomic E-state index is -0.835. The molecule has 1 N–H and O–H groups in total.